The van der Waals surface area contributed by atoms with Crippen LogP contribution < -0.4 is 10.1 Å². The molecule has 0 bridgehead atoms. The van der Waals surface area contributed by atoms with E-state index in [1.807, 2.05) is 24.3 Å². The first-order valence-electron chi connectivity index (χ1n) is 8.28. The summed E-state index contributed by atoms with van der Waals surface area (Å²) < 4.78 is 19.6. The van der Waals surface area contributed by atoms with E-state index in [9.17, 15) is 9.18 Å². The molecule has 3 aromatic rings. The highest BCUT2D eigenvalue weighted by Gasteiger charge is 2.13. The summed E-state index contributed by atoms with van der Waals surface area (Å²) in [6, 6.07) is 15.0. The van der Waals surface area contributed by atoms with Crippen molar-refractivity contribution < 1.29 is 13.9 Å². The number of methoxy groups -OCH3 is 1. The molecule has 2 aromatic carbocycles. The van der Waals surface area contributed by atoms with Crippen molar-refractivity contribution in [3.63, 3.8) is 0 Å². The van der Waals surface area contributed by atoms with Crippen LogP contribution in [-0.2, 0) is 7.05 Å². The molecule has 0 spiro atoms. The van der Waals surface area contributed by atoms with Crippen molar-refractivity contribution in [2.24, 2.45) is 7.05 Å². The lowest BCUT2D eigenvalue weighted by Crippen LogP contribution is -2.25. The van der Waals surface area contributed by atoms with Crippen LogP contribution in [0.4, 0.5) is 4.39 Å². The Labute approximate surface area is 156 Å². The van der Waals surface area contributed by atoms with Crippen LogP contribution in [0.25, 0.3) is 11.3 Å². The van der Waals surface area contributed by atoms with Crippen LogP contribution >= 0.6 is 0 Å². The number of carbonyl (C=O) groups excluding carboxylic acids is 1. The number of hydrogen-bond donors (Lipinski definition) is 1. The van der Waals surface area contributed by atoms with Crippen molar-refractivity contribution in [1.82, 2.24) is 15.1 Å². The zero-order chi connectivity index (χ0) is 19.2. The van der Waals surface area contributed by atoms with Crippen LogP contribution in [0, 0.1) is 17.7 Å². The van der Waals surface area contributed by atoms with Gasteiger partial charge in [-0.3, -0.25) is 9.48 Å². The molecule has 0 radical (unpaired) electrons. The number of amides is 1. The normalized spacial score (nSPS) is 10.0. The Balaban J connectivity index is 1.63. The maximum atomic E-state index is 13.0. The van der Waals surface area contributed by atoms with Gasteiger partial charge < -0.3 is 10.1 Å². The third-order valence-electron chi connectivity index (χ3n) is 3.91. The molecular weight excluding hydrogens is 345 g/mol. The van der Waals surface area contributed by atoms with Gasteiger partial charge in [0.1, 0.15) is 17.3 Å². The van der Waals surface area contributed by atoms with Gasteiger partial charge in [0.15, 0.2) is 0 Å². The summed E-state index contributed by atoms with van der Waals surface area (Å²) in [5, 5.41) is 7.06. The maximum Gasteiger partial charge on any atom is 0.270 e. The Kier molecular flexibility index (Phi) is 5.53. The van der Waals surface area contributed by atoms with Crippen LogP contribution in [0.15, 0.2) is 54.6 Å². The molecule has 0 fully saturated rings. The molecule has 0 atom stereocenters. The third kappa shape index (κ3) is 4.53. The van der Waals surface area contributed by atoms with Gasteiger partial charge in [-0.15, -0.1) is 0 Å². The second-order valence-corrected chi connectivity index (χ2v) is 5.76. The second kappa shape index (κ2) is 8.19. The second-order valence-electron chi connectivity index (χ2n) is 5.76. The monoisotopic (exact) mass is 363 g/mol. The van der Waals surface area contributed by atoms with E-state index in [0.717, 1.165) is 16.9 Å². The predicted molar refractivity (Wildman–Crippen MR) is 101 cm³/mol. The summed E-state index contributed by atoms with van der Waals surface area (Å²) >= 11 is 0. The van der Waals surface area contributed by atoms with Crippen molar-refractivity contribution in [3.05, 3.63) is 71.7 Å². The first-order valence-corrected chi connectivity index (χ1v) is 8.28. The lowest BCUT2D eigenvalue weighted by atomic mass is 10.1. The van der Waals surface area contributed by atoms with E-state index in [1.165, 1.54) is 16.8 Å². The zero-order valence-electron chi connectivity index (χ0n) is 15.0. The van der Waals surface area contributed by atoms with Gasteiger partial charge in [0.2, 0.25) is 0 Å². The number of nitrogens with zero attached hydrogens (tertiary/aromatic N) is 2. The summed E-state index contributed by atoms with van der Waals surface area (Å²) in [6.45, 7) is 0.210. The summed E-state index contributed by atoms with van der Waals surface area (Å²) in [5.41, 5.74) is 2.59. The highest BCUT2D eigenvalue weighted by atomic mass is 19.1. The van der Waals surface area contributed by atoms with Gasteiger partial charge in [-0.05, 0) is 54.6 Å². The standard InChI is InChI=1S/C21H18FN3O2/c1-25-20(14-19(24-25)16-7-9-17(22)10-8-16)21(26)23-13-3-4-15-5-11-18(27-2)12-6-15/h5-12,14H,13H2,1-2H3,(H,23,26). The zero-order valence-corrected chi connectivity index (χ0v) is 15.0. The number of hydrogen-bond acceptors (Lipinski definition) is 3. The average molecular weight is 363 g/mol. The minimum atomic E-state index is -0.317. The lowest BCUT2D eigenvalue weighted by molar-refractivity contribution is 0.0949. The molecule has 0 saturated carbocycles. The van der Waals surface area contributed by atoms with Gasteiger partial charge in [0.05, 0.1) is 19.3 Å². The number of benzene rings is 2. The average Bonchev–Trinajstić information content (AvgIpc) is 3.08. The molecule has 27 heavy (non-hydrogen) atoms. The summed E-state index contributed by atoms with van der Waals surface area (Å²) in [7, 11) is 3.29. The molecule has 6 heteroatoms. The molecule has 1 N–H and O–H groups in total. The molecule has 0 aliphatic carbocycles. The van der Waals surface area contributed by atoms with E-state index in [-0.39, 0.29) is 18.3 Å². The number of ether oxygens (including phenoxy) is 1. The predicted octanol–water partition coefficient (Wildman–Crippen LogP) is 3.02. The first-order chi connectivity index (χ1) is 13.1. The molecule has 0 aliphatic heterocycles. The van der Waals surface area contributed by atoms with Crippen molar-refractivity contribution in [2.45, 2.75) is 0 Å². The number of halogens is 1. The van der Waals surface area contributed by atoms with Crippen LogP contribution in [-0.4, -0.2) is 29.3 Å². The van der Waals surface area contributed by atoms with Crippen LogP contribution in [0.1, 0.15) is 16.1 Å². The van der Waals surface area contributed by atoms with Gasteiger partial charge >= 0.3 is 0 Å². The molecule has 136 valence electrons. The molecule has 3 rings (SSSR count). The smallest absolute Gasteiger partial charge is 0.270 e. The Bertz CT molecular complexity index is 997. The van der Waals surface area contributed by atoms with Crippen LogP contribution in [0.5, 0.6) is 5.75 Å². The quantitative estimate of drug-likeness (QED) is 0.725. The van der Waals surface area contributed by atoms with Gasteiger partial charge in [0.25, 0.3) is 5.91 Å². The minimum Gasteiger partial charge on any atom is -0.497 e. The van der Waals surface area contributed by atoms with E-state index in [1.54, 1.807) is 32.4 Å². The molecular formula is C21H18FN3O2. The van der Waals surface area contributed by atoms with E-state index in [2.05, 4.69) is 22.3 Å². The van der Waals surface area contributed by atoms with Crippen molar-refractivity contribution >= 4 is 5.91 Å². The highest BCUT2D eigenvalue weighted by Crippen LogP contribution is 2.19. The Hall–Kier alpha value is -3.59. The van der Waals surface area contributed by atoms with Crippen molar-refractivity contribution in [1.29, 1.82) is 0 Å². The summed E-state index contributed by atoms with van der Waals surface area (Å²) in [5.74, 6) is 6.06. The van der Waals surface area contributed by atoms with E-state index >= 15 is 0 Å². The molecule has 0 saturated heterocycles. The van der Waals surface area contributed by atoms with Gasteiger partial charge in [-0.2, -0.15) is 5.10 Å². The molecule has 1 amide bonds. The number of aromatic nitrogens is 2. The molecule has 0 unspecified atom stereocenters. The van der Waals surface area contributed by atoms with Crippen molar-refractivity contribution in [3.8, 4) is 28.8 Å². The Morgan fingerprint density at radius 2 is 1.89 bits per heavy atom. The van der Waals surface area contributed by atoms with Gasteiger partial charge in [0, 0.05) is 18.2 Å². The molecule has 5 nitrogen and oxygen atoms in total. The van der Waals surface area contributed by atoms with Gasteiger partial charge in [-0.1, -0.05) is 11.8 Å². The van der Waals surface area contributed by atoms with Crippen LogP contribution in [0.3, 0.4) is 0 Å². The topological polar surface area (TPSA) is 56.1 Å². The minimum absolute atomic E-state index is 0.210. The van der Waals surface area contributed by atoms with E-state index < -0.39 is 0 Å². The number of rotatable bonds is 4. The fourth-order valence-corrected chi connectivity index (χ4v) is 2.48. The molecule has 0 aliphatic rings. The maximum absolute atomic E-state index is 13.0. The fourth-order valence-electron chi connectivity index (χ4n) is 2.48. The number of nitrogens with one attached hydrogen (secondary N) is 1. The largest absolute Gasteiger partial charge is 0.497 e. The van der Waals surface area contributed by atoms with Crippen molar-refractivity contribution in [2.75, 3.05) is 13.7 Å². The molecule has 1 aromatic heterocycles. The SMILES string of the molecule is COc1ccc(C#CCNC(=O)c2cc(-c3ccc(F)cc3)nn2C)cc1. The van der Waals surface area contributed by atoms with Crippen LogP contribution in [0.2, 0.25) is 0 Å². The highest BCUT2D eigenvalue weighted by molar-refractivity contribution is 5.93. The molecule has 1 heterocycles. The summed E-state index contributed by atoms with van der Waals surface area (Å²) in [6.07, 6.45) is 0. The Morgan fingerprint density at radius 1 is 1.19 bits per heavy atom. The lowest BCUT2D eigenvalue weighted by Gasteiger charge is -2.00. The number of carbonyl (C=O) groups is 1. The van der Waals surface area contributed by atoms with E-state index in [4.69, 9.17) is 4.74 Å². The third-order valence-corrected chi connectivity index (χ3v) is 3.91. The fraction of sp³-hybridized carbons (Fsp3) is 0.143. The van der Waals surface area contributed by atoms with Gasteiger partial charge in [-0.25, -0.2) is 4.39 Å². The summed E-state index contributed by atoms with van der Waals surface area (Å²) in [4.78, 5) is 12.3. The first kappa shape index (κ1) is 18.2. The number of aryl methyl sites for hydroxylation is 1. The Morgan fingerprint density at radius 3 is 2.56 bits per heavy atom. The van der Waals surface area contributed by atoms with E-state index in [0.29, 0.717) is 11.4 Å².